The van der Waals surface area contributed by atoms with Crippen molar-refractivity contribution in [1.82, 2.24) is 0 Å². The molecule has 0 bridgehead atoms. The van der Waals surface area contributed by atoms with E-state index >= 15 is 0 Å². The van der Waals surface area contributed by atoms with Crippen molar-refractivity contribution in [3.05, 3.63) is 0 Å². The summed E-state index contributed by atoms with van der Waals surface area (Å²) in [6, 6.07) is 2.34. The molecular weight excluding hydrogens is 136 g/mol. The van der Waals surface area contributed by atoms with Gasteiger partial charge in [0.05, 0.1) is 11.5 Å². The van der Waals surface area contributed by atoms with E-state index in [4.69, 9.17) is 11.0 Å². The first kappa shape index (κ1) is 8.55. The monoisotopic (exact) mass is 152 g/mol. The molecule has 1 unspecified atom stereocenters. The van der Waals surface area contributed by atoms with Gasteiger partial charge in [0.25, 0.3) is 0 Å². The lowest BCUT2D eigenvalue weighted by Gasteiger charge is -2.37. The number of nitrogens with zero attached hydrogens (tertiary/aromatic N) is 1. The Bertz CT molecular complexity index is 174. The van der Waals surface area contributed by atoms with Gasteiger partial charge in [0, 0.05) is 6.04 Å². The molecule has 1 saturated carbocycles. The average Bonchev–Trinajstić information content (AvgIpc) is 1.84. The normalized spacial score (nSPS) is 22.0. The first-order valence-electron chi connectivity index (χ1n) is 4.25. The molecule has 2 N–H and O–H groups in total. The van der Waals surface area contributed by atoms with Gasteiger partial charge in [0.2, 0.25) is 0 Å². The van der Waals surface area contributed by atoms with Gasteiger partial charge in [-0.25, -0.2) is 0 Å². The van der Waals surface area contributed by atoms with Crippen LogP contribution in [0.5, 0.6) is 0 Å². The van der Waals surface area contributed by atoms with Gasteiger partial charge in [-0.1, -0.05) is 6.42 Å². The Balaban J connectivity index is 2.52. The van der Waals surface area contributed by atoms with Crippen molar-refractivity contribution < 1.29 is 0 Å². The molecule has 0 amide bonds. The zero-order valence-electron chi connectivity index (χ0n) is 7.30. The summed E-state index contributed by atoms with van der Waals surface area (Å²) in [7, 11) is 0. The molecule has 0 aliphatic heterocycles. The zero-order valence-corrected chi connectivity index (χ0v) is 7.30. The zero-order chi connectivity index (χ0) is 8.48. The first-order valence-corrected chi connectivity index (χ1v) is 4.25. The third-order valence-electron chi connectivity index (χ3n) is 2.78. The lowest BCUT2D eigenvalue weighted by molar-refractivity contribution is 0.188. The average molecular weight is 152 g/mol. The molecule has 0 spiro atoms. The van der Waals surface area contributed by atoms with Crippen LogP contribution in [0.25, 0.3) is 0 Å². The molecule has 1 aliphatic carbocycles. The summed E-state index contributed by atoms with van der Waals surface area (Å²) >= 11 is 0. The van der Waals surface area contributed by atoms with E-state index in [9.17, 15) is 0 Å². The molecule has 0 heterocycles. The number of rotatable bonds is 2. The van der Waals surface area contributed by atoms with Crippen LogP contribution >= 0.6 is 0 Å². The van der Waals surface area contributed by atoms with Crippen LogP contribution in [0.3, 0.4) is 0 Å². The summed E-state index contributed by atoms with van der Waals surface area (Å²) in [6.07, 6.45) is 3.72. The lowest BCUT2D eigenvalue weighted by Crippen LogP contribution is -2.45. The molecular formula is C9H16N2. The van der Waals surface area contributed by atoms with Crippen LogP contribution in [0, 0.1) is 22.7 Å². The molecule has 62 valence electrons. The molecule has 1 atom stereocenters. The standard InChI is InChI=1S/C9H16N2/c1-9(2,6-10)8(11)7-4-3-5-7/h7-8H,3-5,11H2,1-2H3. The van der Waals surface area contributed by atoms with Crippen LogP contribution in [0.2, 0.25) is 0 Å². The predicted molar refractivity (Wildman–Crippen MR) is 44.7 cm³/mol. The molecule has 0 aromatic rings. The summed E-state index contributed by atoms with van der Waals surface area (Å²) in [5, 5.41) is 8.80. The van der Waals surface area contributed by atoms with Crippen molar-refractivity contribution in [1.29, 1.82) is 5.26 Å². The van der Waals surface area contributed by atoms with E-state index in [1.54, 1.807) is 0 Å². The van der Waals surface area contributed by atoms with Crippen LogP contribution in [0.4, 0.5) is 0 Å². The third-order valence-corrected chi connectivity index (χ3v) is 2.78. The second-order valence-corrected chi connectivity index (χ2v) is 4.05. The van der Waals surface area contributed by atoms with Gasteiger partial charge in [-0.3, -0.25) is 0 Å². The largest absolute Gasteiger partial charge is 0.326 e. The quantitative estimate of drug-likeness (QED) is 0.654. The number of nitriles is 1. The highest BCUT2D eigenvalue weighted by atomic mass is 14.7. The molecule has 2 nitrogen and oxygen atoms in total. The van der Waals surface area contributed by atoms with E-state index < -0.39 is 0 Å². The van der Waals surface area contributed by atoms with Crippen LogP contribution in [-0.2, 0) is 0 Å². The topological polar surface area (TPSA) is 49.8 Å². The SMILES string of the molecule is CC(C)(C#N)C(N)C1CCC1. The smallest absolute Gasteiger partial charge is 0.0700 e. The summed E-state index contributed by atoms with van der Waals surface area (Å²) in [4.78, 5) is 0. The molecule has 0 aromatic heterocycles. The van der Waals surface area contributed by atoms with E-state index in [0.717, 1.165) is 0 Å². The maximum atomic E-state index is 8.80. The molecule has 1 aliphatic rings. The summed E-state index contributed by atoms with van der Waals surface area (Å²) in [6.45, 7) is 3.85. The highest BCUT2D eigenvalue weighted by Gasteiger charge is 2.35. The Morgan fingerprint density at radius 2 is 2.09 bits per heavy atom. The van der Waals surface area contributed by atoms with Gasteiger partial charge in [0.15, 0.2) is 0 Å². The van der Waals surface area contributed by atoms with Gasteiger partial charge in [-0.15, -0.1) is 0 Å². The minimum Gasteiger partial charge on any atom is -0.326 e. The Labute approximate surface area is 68.4 Å². The van der Waals surface area contributed by atoms with E-state index in [-0.39, 0.29) is 11.5 Å². The lowest BCUT2D eigenvalue weighted by atomic mass is 9.70. The summed E-state index contributed by atoms with van der Waals surface area (Å²) in [5.41, 5.74) is 5.60. The third kappa shape index (κ3) is 1.54. The van der Waals surface area contributed by atoms with E-state index in [1.165, 1.54) is 19.3 Å². The molecule has 11 heavy (non-hydrogen) atoms. The Hall–Kier alpha value is -0.550. The summed E-state index contributed by atoms with van der Waals surface area (Å²) < 4.78 is 0. The minimum atomic E-state index is -0.342. The fraction of sp³-hybridized carbons (Fsp3) is 0.889. The molecule has 1 fully saturated rings. The highest BCUT2D eigenvalue weighted by Crippen LogP contribution is 2.35. The second-order valence-electron chi connectivity index (χ2n) is 4.05. The molecule has 0 saturated heterocycles. The van der Waals surface area contributed by atoms with E-state index in [0.29, 0.717) is 5.92 Å². The van der Waals surface area contributed by atoms with Crippen LogP contribution in [0.1, 0.15) is 33.1 Å². The fourth-order valence-electron chi connectivity index (χ4n) is 1.46. The minimum absolute atomic E-state index is 0.0706. The van der Waals surface area contributed by atoms with Gasteiger partial charge < -0.3 is 5.73 Å². The van der Waals surface area contributed by atoms with Crippen molar-refractivity contribution >= 4 is 0 Å². The molecule has 1 rings (SSSR count). The molecule has 0 radical (unpaired) electrons. The Kier molecular flexibility index (Phi) is 2.20. The van der Waals surface area contributed by atoms with Gasteiger partial charge >= 0.3 is 0 Å². The maximum absolute atomic E-state index is 8.80. The maximum Gasteiger partial charge on any atom is 0.0700 e. The van der Waals surface area contributed by atoms with Gasteiger partial charge in [-0.05, 0) is 32.6 Å². The van der Waals surface area contributed by atoms with Crippen LogP contribution in [0.15, 0.2) is 0 Å². The van der Waals surface area contributed by atoms with E-state index in [2.05, 4.69) is 6.07 Å². The first-order chi connectivity index (χ1) is 5.08. The molecule has 2 heteroatoms. The van der Waals surface area contributed by atoms with Crippen molar-refractivity contribution in [2.24, 2.45) is 17.1 Å². The number of hydrogen-bond donors (Lipinski definition) is 1. The fourth-order valence-corrected chi connectivity index (χ4v) is 1.46. The van der Waals surface area contributed by atoms with E-state index in [1.807, 2.05) is 13.8 Å². The van der Waals surface area contributed by atoms with Crippen molar-refractivity contribution in [3.8, 4) is 6.07 Å². The Morgan fingerprint density at radius 3 is 2.36 bits per heavy atom. The van der Waals surface area contributed by atoms with Gasteiger partial charge in [0.1, 0.15) is 0 Å². The number of nitrogens with two attached hydrogens (primary N) is 1. The van der Waals surface area contributed by atoms with Crippen LogP contribution in [-0.4, -0.2) is 6.04 Å². The second kappa shape index (κ2) is 2.83. The van der Waals surface area contributed by atoms with Crippen molar-refractivity contribution in [2.45, 2.75) is 39.2 Å². The van der Waals surface area contributed by atoms with Crippen molar-refractivity contribution in [2.75, 3.05) is 0 Å². The number of hydrogen-bond acceptors (Lipinski definition) is 2. The van der Waals surface area contributed by atoms with Crippen molar-refractivity contribution in [3.63, 3.8) is 0 Å². The molecule has 0 aromatic carbocycles. The Morgan fingerprint density at radius 1 is 1.55 bits per heavy atom. The van der Waals surface area contributed by atoms with Gasteiger partial charge in [-0.2, -0.15) is 5.26 Å². The summed E-state index contributed by atoms with van der Waals surface area (Å²) in [5.74, 6) is 0.602. The predicted octanol–water partition coefficient (Wildman–Crippen LogP) is 1.66. The highest BCUT2D eigenvalue weighted by molar-refractivity contribution is 5.02. The van der Waals surface area contributed by atoms with Crippen LogP contribution < -0.4 is 5.73 Å².